The Hall–Kier alpha value is -2.97. The van der Waals surface area contributed by atoms with Gasteiger partial charge in [0.15, 0.2) is 5.65 Å². The van der Waals surface area contributed by atoms with Crippen LogP contribution in [-0.2, 0) is 6.18 Å². The number of nitrogens with zero attached hydrogens (tertiary/aromatic N) is 5. The summed E-state index contributed by atoms with van der Waals surface area (Å²) < 4.78 is 40.9. The van der Waals surface area contributed by atoms with Crippen molar-refractivity contribution < 1.29 is 18.0 Å². The Bertz CT molecular complexity index is 1020. The summed E-state index contributed by atoms with van der Waals surface area (Å²) in [4.78, 5) is 22.5. The first-order valence-electron chi connectivity index (χ1n) is 8.97. The fraction of sp³-hybridized carbons (Fsp3) is 0.368. The number of hydrogen-bond donors (Lipinski definition) is 0. The largest absolute Gasteiger partial charge is 0.433 e. The highest BCUT2D eigenvalue weighted by Crippen LogP contribution is 2.32. The van der Waals surface area contributed by atoms with E-state index in [1.807, 2.05) is 0 Å². The molecule has 1 aliphatic rings. The summed E-state index contributed by atoms with van der Waals surface area (Å²) in [6.07, 6.45) is 0.0904. The lowest BCUT2D eigenvalue weighted by Crippen LogP contribution is -2.39. The third-order valence-electron chi connectivity index (χ3n) is 4.90. The number of amides is 1. The number of halogens is 3. The third-order valence-corrected chi connectivity index (χ3v) is 4.90. The maximum Gasteiger partial charge on any atom is 0.433 e. The molecule has 0 aliphatic carbocycles. The fourth-order valence-electron chi connectivity index (χ4n) is 3.59. The number of aromatic nitrogens is 4. The number of likely N-dealkylation sites (tertiary alicyclic amines) is 1. The summed E-state index contributed by atoms with van der Waals surface area (Å²) in [6, 6.07) is 5.98. The Morgan fingerprint density at radius 3 is 2.82 bits per heavy atom. The lowest BCUT2D eigenvalue weighted by atomic mass is 9.94. The molecular weight excluding hydrogens is 371 g/mol. The van der Waals surface area contributed by atoms with Crippen molar-refractivity contribution in [3.63, 3.8) is 0 Å². The molecule has 3 aromatic heterocycles. The first-order chi connectivity index (χ1) is 13.3. The number of carbonyl (C=O) groups is 1. The van der Waals surface area contributed by atoms with E-state index in [0.717, 1.165) is 23.4 Å². The van der Waals surface area contributed by atoms with Crippen LogP contribution in [0.4, 0.5) is 13.2 Å². The molecule has 1 aliphatic heterocycles. The van der Waals surface area contributed by atoms with Crippen LogP contribution in [0.25, 0.3) is 5.65 Å². The van der Waals surface area contributed by atoms with Crippen molar-refractivity contribution in [3.8, 4) is 0 Å². The van der Waals surface area contributed by atoms with Gasteiger partial charge in [-0.15, -0.1) is 0 Å². The predicted octanol–water partition coefficient (Wildman–Crippen LogP) is 3.47. The molecule has 1 fully saturated rings. The van der Waals surface area contributed by atoms with Crippen molar-refractivity contribution in [1.29, 1.82) is 0 Å². The number of alkyl halides is 3. The van der Waals surface area contributed by atoms with Crippen LogP contribution in [0.5, 0.6) is 0 Å². The fourth-order valence-corrected chi connectivity index (χ4v) is 3.59. The molecular formula is C19H18F3N5O. The monoisotopic (exact) mass is 389 g/mol. The van der Waals surface area contributed by atoms with Crippen LogP contribution in [0, 0.1) is 6.92 Å². The van der Waals surface area contributed by atoms with Gasteiger partial charge < -0.3 is 4.90 Å². The van der Waals surface area contributed by atoms with Gasteiger partial charge in [-0.05, 0) is 38.0 Å². The van der Waals surface area contributed by atoms with Crippen LogP contribution in [-0.4, -0.2) is 43.5 Å². The second kappa shape index (κ2) is 6.88. The molecule has 28 heavy (non-hydrogen) atoms. The number of pyridine rings is 1. The Morgan fingerprint density at radius 2 is 2.11 bits per heavy atom. The second-order valence-electron chi connectivity index (χ2n) is 6.95. The first kappa shape index (κ1) is 18.4. The zero-order valence-corrected chi connectivity index (χ0v) is 15.1. The van der Waals surface area contributed by atoms with Crippen LogP contribution in [0.3, 0.4) is 0 Å². The van der Waals surface area contributed by atoms with Gasteiger partial charge >= 0.3 is 6.18 Å². The maximum atomic E-state index is 13.4. The molecule has 0 saturated carbocycles. The third kappa shape index (κ3) is 3.44. The quantitative estimate of drug-likeness (QED) is 0.673. The van der Waals surface area contributed by atoms with Gasteiger partial charge in [0, 0.05) is 43.2 Å². The minimum absolute atomic E-state index is 0.133. The summed E-state index contributed by atoms with van der Waals surface area (Å²) in [6.45, 7) is 2.53. The molecule has 1 atom stereocenters. The Kier molecular flexibility index (Phi) is 4.52. The standard InChI is InChI=1S/C19H18F3N5O/c1-12-8-16(19(20,21)22)27-17(24-12)9-15(25-27)14-5-3-7-26(11-14)18(28)13-4-2-6-23-10-13/h2,4,6,8-10,14H,3,5,7,11H2,1H3. The molecule has 0 aromatic carbocycles. The molecule has 1 unspecified atom stereocenters. The minimum atomic E-state index is -4.52. The SMILES string of the molecule is Cc1cc(C(F)(F)F)n2nc(C3CCCN(C(=O)c4cccnc4)C3)cc2n1. The summed E-state index contributed by atoms with van der Waals surface area (Å²) in [5.41, 5.74) is 0.615. The summed E-state index contributed by atoms with van der Waals surface area (Å²) in [5.74, 6) is -0.274. The summed E-state index contributed by atoms with van der Waals surface area (Å²) in [7, 11) is 0. The number of rotatable bonds is 2. The highest BCUT2D eigenvalue weighted by Gasteiger charge is 2.35. The molecule has 146 valence electrons. The van der Waals surface area contributed by atoms with Crippen LogP contribution < -0.4 is 0 Å². The summed E-state index contributed by atoms with van der Waals surface area (Å²) in [5, 5.41) is 4.19. The van der Waals surface area contributed by atoms with E-state index in [1.165, 1.54) is 13.1 Å². The first-order valence-corrected chi connectivity index (χ1v) is 8.97. The van der Waals surface area contributed by atoms with Crippen LogP contribution in [0.1, 0.15) is 46.2 Å². The van der Waals surface area contributed by atoms with E-state index in [2.05, 4.69) is 15.1 Å². The minimum Gasteiger partial charge on any atom is -0.338 e. The van der Waals surface area contributed by atoms with E-state index >= 15 is 0 Å². The average molecular weight is 389 g/mol. The van der Waals surface area contributed by atoms with Gasteiger partial charge in [-0.2, -0.15) is 18.3 Å². The van der Waals surface area contributed by atoms with Gasteiger partial charge in [0.1, 0.15) is 5.69 Å². The van der Waals surface area contributed by atoms with Crippen molar-refractivity contribution in [3.05, 3.63) is 59.3 Å². The number of hydrogen-bond acceptors (Lipinski definition) is 4. The lowest BCUT2D eigenvalue weighted by Gasteiger charge is -2.32. The molecule has 0 bridgehead atoms. The average Bonchev–Trinajstić information content (AvgIpc) is 3.10. The van der Waals surface area contributed by atoms with Crippen molar-refractivity contribution in [2.75, 3.05) is 13.1 Å². The number of piperidine rings is 1. The normalized spacial score (nSPS) is 17.9. The van der Waals surface area contributed by atoms with Gasteiger partial charge in [-0.25, -0.2) is 9.50 Å². The molecule has 3 aromatic rings. The maximum absolute atomic E-state index is 13.4. The molecule has 0 spiro atoms. The van der Waals surface area contributed by atoms with Gasteiger partial charge in [-0.3, -0.25) is 9.78 Å². The smallest absolute Gasteiger partial charge is 0.338 e. The molecule has 6 nitrogen and oxygen atoms in total. The molecule has 9 heteroatoms. The molecule has 0 N–H and O–H groups in total. The number of carbonyl (C=O) groups excluding carboxylic acids is 1. The van der Waals surface area contributed by atoms with Crippen molar-refractivity contribution in [1.82, 2.24) is 24.5 Å². The van der Waals surface area contributed by atoms with Crippen LogP contribution in [0.15, 0.2) is 36.7 Å². The van der Waals surface area contributed by atoms with E-state index in [1.54, 1.807) is 29.3 Å². The topological polar surface area (TPSA) is 63.4 Å². The zero-order valence-electron chi connectivity index (χ0n) is 15.1. The van der Waals surface area contributed by atoms with Gasteiger partial charge in [0.2, 0.25) is 0 Å². The van der Waals surface area contributed by atoms with Crippen molar-refractivity contribution in [2.24, 2.45) is 0 Å². The Morgan fingerprint density at radius 1 is 1.29 bits per heavy atom. The highest BCUT2D eigenvalue weighted by atomic mass is 19.4. The predicted molar refractivity (Wildman–Crippen MR) is 94.8 cm³/mol. The lowest BCUT2D eigenvalue weighted by molar-refractivity contribution is -0.142. The van der Waals surface area contributed by atoms with E-state index in [0.29, 0.717) is 24.3 Å². The highest BCUT2D eigenvalue weighted by molar-refractivity contribution is 5.94. The second-order valence-corrected chi connectivity index (χ2v) is 6.95. The van der Waals surface area contributed by atoms with Gasteiger partial charge in [0.25, 0.3) is 5.91 Å². The van der Waals surface area contributed by atoms with Crippen LogP contribution in [0.2, 0.25) is 0 Å². The zero-order chi connectivity index (χ0) is 19.9. The van der Waals surface area contributed by atoms with Crippen LogP contribution >= 0.6 is 0 Å². The van der Waals surface area contributed by atoms with Crippen molar-refractivity contribution in [2.45, 2.75) is 31.9 Å². The van der Waals surface area contributed by atoms with Gasteiger partial charge in [-0.1, -0.05) is 0 Å². The summed E-state index contributed by atoms with van der Waals surface area (Å²) >= 11 is 0. The van der Waals surface area contributed by atoms with E-state index < -0.39 is 11.9 Å². The molecule has 0 radical (unpaired) electrons. The Balaban J connectivity index is 1.64. The molecule has 1 saturated heterocycles. The molecule has 1 amide bonds. The number of fused-ring (bicyclic) bond motifs is 1. The Labute approximate surface area is 159 Å². The molecule has 4 rings (SSSR count). The van der Waals surface area contributed by atoms with E-state index in [-0.39, 0.29) is 23.2 Å². The van der Waals surface area contributed by atoms with E-state index in [4.69, 9.17) is 0 Å². The van der Waals surface area contributed by atoms with Crippen molar-refractivity contribution >= 4 is 11.6 Å². The number of aryl methyl sites for hydroxylation is 1. The van der Waals surface area contributed by atoms with Gasteiger partial charge in [0.05, 0.1) is 11.3 Å². The molecule has 4 heterocycles. The van der Waals surface area contributed by atoms with E-state index in [9.17, 15) is 18.0 Å².